The van der Waals surface area contributed by atoms with Crippen LogP contribution in [0.15, 0.2) is 35.1 Å². The third-order valence-corrected chi connectivity index (χ3v) is 2.66. The number of hydrogen-bond donors (Lipinski definition) is 2. The molecule has 0 spiro atoms. The number of pyridine rings is 1. The van der Waals surface area contributed by atoms with Gasteiger partial charge >= 0.3 is 0 Å². The van der Waals surface area contributed by atoms with Crippen LogP contribution in [0, 0.1) is 6.92 Å². The first-order valence-electron chi connectivity index (χ1n) is 6.21. The molecule has 2 aromatic rings. The summed E-state index contributed by atoms with van der Waals surface area (Å²) < 4.78 is 5.17. The molecular weight excluding hydrogens is 242 g/mol. The Bertz CT molecular complexity index is 550. The monoisotopic (exact) mass is 259 g/mol. The zero-order chi connectivity index (χ0) is 13.7. The summed E-state index contributed by atoms with van der Waals surface area (Å²) in [6.45, 7) is 5.00. The van der Waals surface area contributed by atoms with Gasteiger partial charge in [-0.05, 0) is 32.0 Å². The number of aromatic nitrogens is 1. The van der Waals surface area contributed by atoms with E-state index < -0.39 is 0 Å². The summed E-state index contributed by atoms with van der Waals surface area (Å²) in [5.74, 6) is 0.554. The van der Waals surface area contributed by atoms with Crippen LogP contribution in [0.4, 0.5) is 5.69 Å². The van der Waals surface area contributed by atoms with E-state index in [0.29, 0.717) is 12.1 Å². The van der Waals surface area contributed by atoms with Crippen LogP contribution in [0.1, 0.15) is 28.7 Å². The van der Waals surface area contributed by atoms with E-state index in [1.54, 1.807) is 18.5 Å². The minimum Gasteiger partial charge on any atom is -0.467 e. The van der Waals surface area contributed by atoms with Crippen molar-refractivity contribution < 1.29 is 9.21 Å². The Hall–Kier alpha value is -2.30. The van der Waals surface area contributed by atoms with Crippen LogP contribution in [-0.4, -0.2) is 17.4 Å². The molecule has 19 heavy (non-hydrogen) atoms. The molecule has 0 fully saturated rings. The molecule has 0 aliphatic heterocycles. The Morgan fingerprint density at radius 2 is 2.32 bits per heavy atom. The molecule has 0 saturated carbocycles. The fourth-order valence-electron chi connectivity index (χ4n) is 1.75. The number of nitrogens with zero attached hydrogens (tertiary/aromatic N) is 1. The predicted octanol–water partition coefficient (Wildman–Crippen LogP) is 2.34. The molecule has 0 aliphatic carbocycles. The highest BCUT2D eigenvalue weighted by Crippen LogP contribution is 2.15. The van der Waals surface area contributed by atoms with E-state index in [-0.39, 0.29) is 5.91 Å². The minimum absolute atomic E-state index is 0.167. The molecule has 100 valence electrons. The fourth-order valence-corrected chi connectivity index (χ4v) is 1.75. The summed E-state index contributed by atoms with van der Waals surface area (Å²) in [7, 11) is 0. The van der Waals surface area contributed by atoms with Gasteiger partial charge in [-0.1, -0.05) is 0 Å². The van der Waals surface area contributed by atoms with Crippen LogP contribution in [0.5, 0.6) is 0 Å². The molecule has 2 N–H and O–H groups in total. The highest BCUT2D eigenvalue weighted by molar-refractivity contribution is 5.99. The van der Waals surface area contributed by atoms with Gasteiger partial charge in [-0.25, -0.2) is 0 Å². The summed E-state index contributed by atoms with van der Waals surface area (Å²) in [6.07, 6.45) is 3.17. The van der Waals surface area contributed by atoms with Crippen LogP contribution < -0.4 is 10.6 Å². The van der Waals surface area contributed by atoms with Crippen LogP contribution >= 0.6 is 0 Å². The van der Waals surface area contributed by atoms with E-state index in [4.69, 9.17) is 4.42 Å². The van der Waals surface area contributed by atoms with E-state index in [2.05, 4.69) is 15.6 Å². The van der Waals surface area contributed by atoms with Crippen molar-refractivity contribution in [2.45, 2.75) is 20.4 Å². The summed E-state index contributed by atoms with van der Waals surface area (Å²) in [4.78, 5) is 16.3. The average molecular weight is 259 g/mol. The SMILES string of the molecule is CCNc1cc(C)ncc1C(=O)NCc1ccco1. The van der Waals surface area contributed by atoms with Gasteiger partial charge in [0.2, 0.25) is 0 Å². The third-order valence-electron chi connectivity index (χ3n) is 2.66. The standard InChI is InChI=1S/C14H17N3O2/c1-3-15-13-7-10(2)16-9-12(13)14(18)17-8-11-5-4-6-19-11/h4-7,9H,3,8H2,1-2H3,(H,15,16)(H,17,18). The van der Waals surface area contributed by atoms with Gasteiger partial charge in [0, 0.05) is 18.4 Å². The van der Waals surface area contributed by atoms with E-state index in [9.17, 15) is 4.79 Å². The first kappa shape index (κ1) is 13.1. The number of carbonyl (C=O) groups is 1. The van der Waals surface area contributed by atoms with Gasteiger partial charge in [-0.3, -0.25) is 9.78 Å². The van der Waals surface area contributed by atoms with Gasteiger partial charge in [-0.15, -0.1) is 0 Å². The topological polar surface area (TPSA) is 67.2 Å². The zero-order valence-electron chi connectivity index (χ0n) is 11.1. The van der Waals surface area contributed by atoms with Gasteiger partial charge < -0.3 is 15.1 Å². The minimum atomic E-state index is -0.167. The molecule has 5 nitrogen and oxygen atoms in total. The largest absolute Gasteiger partial charge is 0.467 e. The lowest BCUT2D eigenvalue weighted by Gasteiger charge is -2.11. The molecular formula is C14H17N3O2. The van der Waals surface area contributed by atoms with Crippen LogP contribution in [0.3, 0.4) is 0 Å². The molecule has 2 heterocycles. The van der Waals surface area contributed by atoms with Crippen molar-refractivity contribution in [3.05, 3.63) is 47.7 Å². The smallest absolute Gasteiger partial charge is 0.255 e. The number of aryl methyl sites for hydroxylation is 1. The molecule has 0 radical (unpaired) electrons. The predicted molar refractivity (Wildman–Crippen MR) is 73.0 cm³/mol. The van der Waals surface area contributed by atoms with Crippen molar-refractivity contribution in [2.24, 2.45) is 0 Å². The lowest BCUT2D eigenvalue weighted by Crippen LogP contribution is -2.24. The molecule has 1 amide bonds. The van der Waals surface area contributed by atoms with Crippen molar-refractivity contribution >= 4 is 11.6 Å². The highest BCUT2D eigenvalue weighted by Gasteiger charge is 2.12. The second-order valence-corrected chi connectivity index (χ2v) is 4.16. The maximum Gasteiger partial charge on any atom is 0.255 e. The number of nitrogens with one attached hydrogen (secondary N) is 2. The quantitative estimate of drug-likeness (QED) is 0.865. The molecule has 0 aromatic carbocycles. The van der Waals surface area contributed by atoms with Crippen molar-refractivity contribution in [3.63, 3.8) is 0 Å². The summed E-state index contributed by atoms with van der Waals surface area (Å²) in [5.41, 5.74) is 2.21. The first-order chi connectivity index (χ1) is 9.20. The van der Waals surface area contributed by atoms with Gasteiger partial charge in [0.25, 0.3) is 5.91 Å². The molecule has 0 bridgehead atoms. The molecule has 0 saturated heterocycles. The number of furan rings is 1. The second-order valence-electron chi connectivity index (χ2n) is 4.16. The number of anilines is 1. The van der Waals surface area contributed by atoms with Crippen molar-refractivity contribution in [2.75, 3.05) is 11.9 Å². The zero-order valence-corrected chi connectivity index (χ0v) is 11.1. The van der Waals surface area contributed by atoms with Crippen LogP contribution in [0.2, 0.25) is 0 Å². The molecule has 0 unspecified atom stereocenters. The molecule has 2 rings (SSSR count). The van der Waals surface area contributed by atoms with Gasteiger partial charge in [-0.2, -0.15) is 0 Å². The maximum absolute atomic E-state index is 12.1. The fraction of sp³-hybridized carbons (Fsp3) is 0.286. The van der Waals surface area contributed by atoms with Crippen LogP contribution in [0.25, 0.3) is 0 Å². The Labute approximate surface area is 112 Å². The average Bonchev–Trinajstić information content (AvgIpc) is 2.90. The Balaban J connectivity index is 2.09. The number of carbonyl (C=O) groups excluding carboxylic acids is 1. The van der Waals surface area contributed by atoms with Crippen molar-refractivity contribution in [1.29, 1.82) is 0 Å². The normalized spacial score (nSPS) is 10.2. The van der Waals surface area contributed by atoms with Gasteiger partial charge in [0.15, 0.2) is 0 Å². The lowest BCUT2D eigenvalue weighted by atomic mass is 10.2. The Morgan fingerprint density at radius 3 is 3.00 bits per heavy atom. The van der Waals surface area contributed by atoms with E-state index in [0.717, 1.165) is 23.7 Å². The number of hydrogen-bond acceptors (Lipinski definition) is 4. The Morgan fingerprint density at radius 1 is 1.47 bits per heavy atom. The molecule has 0 aliphatic rings. The van der Waals surface area contributed by atoms with Gasteiger partial charge in [0.1, 0.15) is 5.76 Å². The lowest BCUT2D eigenvalue weighted by molar-refractivity contribution is 0.0948. The first-order valence-corrected chi connectivity index (χ1v) is 6.21. The molecule has 0 atom stereocenters. The maximum atomic E-state index is 12.1. The molecule has 5 heteroatoms. The number of amides is 1. The van der Waals surface area contributed by atoms with E-state index in [1.807, 2.05) is 26.0 Å². The summed E-state index contributed by atoms with van der Waals surface area (Å²) in [5, 5.41) is 5.97. The van der Waals surface area contributed by atoms with E-state index in [1.165, 1.54) is 0 Å². The third kappa shape index (κ3) is 3.34. The van der Waals surface area contributed by atoms with Crippen molar-refractivity contribution in [1.82, 2.24) is 10.3 Å². The number of rotatable bonds is 5. The van der Waals surface area contributed by atoms with E-state index >= 15 is 0 Å². The van der Waals surface area contributed by atoms with Crippen molar-refractivity contribution in [3.8, 4) is 0 Å². The summed E-state index contributed by atoms with van der Waals surface area (Å²) >= 11 is 0. The van der Waals surface area contributed by atoms with Gasteiger partial charge in [0.05, 0.1) is 24.1 Å². The Kier molecular flexibility index (Phi) is 4.18. The second kappa shape index (κ2) is 6.04. The van der Waals surface area contributed by atoms with Crippen LogP contribution in [-0.2, 0) is 6.54 Å². The summed E-state index contributed by atoms with van der Waals surface area (Å²) in [6, 6.07) is 5.48. The highest BCUT2D eigenvalue weighted by atomic mass is 16.3. The molecule has 2 aromatic heterocycles.